The highest BCUT2D eigenvalue weighted by Crippen LogP contribution is 2.19. The Morgan fingerprint density at radius 1 is 1.50 bits per heavy atom. The molecule has 3 nitrogen and oxygen atoms in total. The van der Waals surface area contributed by atoms with Gasteiger partial charge in [0.05, 0.1) is 0 Å². The normalized spacial score (nSPS) is 15.6. The average Bonchev–Trinajstić information content (AvgIpc) is 2.06. The molecule has 0 spiro atoms. The molecule has 0 radical (unpaired) electrons. The molecule has 0 aliphatic heterocycles. The highest BCUT2D eigenvalue weighted by Gasteiger charge is 2.19. The lowest BCUT2D eigenvalue weighted by Gasteiger charge is -2.23. The smallest absolute Gasteiger partial charge is 0.0451 e. The Hall–Kier alpha value is -0.930. The molecule has 0 aliphatic carbocycles. The van der Waals surface area contributed by atoms with Gasteiger partial charge in [-0.15, -0.1) is 0 Å². The van der Waals surface area contributed by atoms with Crippen LogP contribution < -0.4 is 5.73 Å². The van der Waals surface area contributed by atoms with Crippen molar-refractivity contribution in [1.29, 1.82) is 0 Å². The topological polar surface area (TPSA) is 59.1 Å². The van der Waals surface area contributed by atoms with Gasteiger partial charge in [-0.05, 0) is 31.0 Å². The first kappa shape index (κ1) is 9.16. The van der Waals surface area contributed by atoms with E-state index >= 15 is 0 Å². The number of nitrogens with two attached hydrogens (primary N) is 1. The molecule has 1 aromatic heterocycles. The summed E-state index contributed by atoms with van der Waals surface area (Å²) in [5.41, 5.74) is 6.52. The van der Waals surface area contributed by atoms with Crippen molar-refractivity contribution in [3.8, 4) is 0 Å². The molecule has 0 amide bonds. The van der Waals surface area contributed by atoms with Crippen LogP contribution >= 0.6 is 0 Å². The predicted octanol–water partition coefficient (Wildman–Crippen LogP) is 0.638. The van der Waals surface area contributed by atoms with Gasteiger partial charge >= 0.3 is 0 Å². The van der Waals surface area contributed by atoms with Crippen LogP contribution in [0.25, 0.3) is 0 Å². The number of aliphatic hydroxyl groups is 1. The number of aromatic nitrogens is 1. The first-order valence-corrected chi connectivity index (χ1v) is 3.97. The van der Waals surface area contributed by atoms with Gasteiger partial charge in [0.1, 0.15) is 0 Å². The Morgan fingerprint density at radius 2 is 2.08 bits per heavy atom. The van der Waals surface area contributed by atoms with Gasteiger partial charge in [-0.3, -0.25) is 4.98 Å². The van der Waals surface area contributed by atoms with Gasteiger partial charge in [-0.1, -0.05) is 0 Å². The fraction of sp³-hybridized carbons (Fsp3) is 0.444. The molecule has 0 aliphatic rings. The highest BCUT2D eigenvalue weighted by molar-refractivity contribution is 5.19. The molecule has 3 heteroatoms. The van der Waals surface area contributed by atoms with Gasteiger partial charge in [-0.2, -0.15) is 0 Å². The Kier molecular flexibility index (Phi) is 2.78. The third-order valence-corrected chi connectivity index (χ3v) is 1.97. The summed E-state index contributed by atoms with van der Waals surface area (Å²) >= 11 is 0. The van der Waals surface area contributed by atoms with E-state index in [-0.39, 0.29) is 6.61 Å². The van der Waals surface area contributed by atoms with Gasteiger partial charge < -0.3 is 10.8 Å². The molecule has 66 valence electrons. The Morgan fingerprint density at radius 3 is 2.58 bits per heavy atom. The summed E-state index contributed by atoms with van der Waals surface area (Å²) in [4.78, 5) is 3.90. The van der Waals surface area contributed by atoms with Crippen LogP contribution in [0, 0.1) is 0 Å². The van der Waals surface area contributed by atoms with E-state index in [1.165, 1.54) is 0 Å². The van der Waals surface area contributed by atoms with Crippen molar-refractivity contribution in [1.82, 2.24) is 4.98 Å². The summed E-state index contributed by atoms with van der Waals surface area (Å²) in [6.45, 7) is 2.01. The van der Waals surface area contributed by atoms with Crippen molar-refractivity contribution in [3.05, 3.63) is 30.1 Å². The second-order valence-electron chi connectivity index (χ2n) is 3.13. The third-order valence-electron chi connectivity index (χ3n) is 1.97. The first-order chi connectivity index (χ1) is 5.67. The Labute approximate surface area is 72.2 Å². The summed E-state index contributed by atoms with van der Waals surface area (Å²) < 4.78 is 0. The molecule has 3 N–H and O–H groups in total. The van der Waals surface area contributed by atoms with E-state index in [1.54, 1.807) is 12.4 Å². The second kappa shape index (κ2) is 3.65. The average molecular weight is 166 g/mol. The lowest BCUT2D eigenvalue weighted by atomic mass is 9.91. The molecule has 0 saturated carbocycles. The van der Waals surface area contributed by atoms with Crippen LogP contribution in [0.4, 0.5) is 0 Å². The predicted molar refractivity (Wildman–Crippen MR) is 47.5 cm³/mol. The van der Waals surface area contributed by atoms with Gasteiger partial charge in [0, 0.05) is 24.5 Å². The Balaban J connectivity index is 2.82. The van der Waals surface area contributed by atoms with Crippen LogP contribution in [-0.2, 0) is 5.54 Å². The Bertz CT molecular complexity index is 234. The van der Waals surface area contributed by atoms with Gasteiger partial charge in [0.2, 0.25) is 0 Å². The number of hydrogen-bond donors (Lipinski definition) is 2. The van der Waals surface area contributed by atoms with E-state index in [4.69, 9.17) is 10.8 Å². The fourth-order valence-electron chi connectivity index (χ4n) is 1.11. The minimum absolute atomic E-state index is 0.106. The first-order valence-electron chi connectivity index (χ1n) is 3.97. The zero-order valence-corrected chi connectivity index (χ0v) is 7.20. The lowest BCUT2D eigenvalue weighted by molar-refractivity contribution is 0.247. The van der Waals surface area contributed by atoms with Crippen molar-refractivity contribution >= 4 is 0 Å². The van der Waals surface area contributed by atoms with Crippen LogP contribution in [0.1, 0.15) is 18.9 Å². The van der Waals surface area contributed by atoms with Crippen LogP contribution in [0.5, 0.6) is 0 Å². The van der Waals surface area contributed by atoms with Gasteiger partial charge in [-0.25, -0.2) is 0 Å². The summed E-state index contributed by atoms with van der Waals surface area (Å²) in [5, 5.41) is 8.77. The van der Waals surface area contributed by atoms with Crippen LogP contribution in [0.15, 0.2) is 24.5 Å². The van der Waals surface area contributed by atoms with E-state index < -0.39 is 5.54 Å². The number of rotatable bonds is 3. The van der Waals surface area contributed by atoms with Crippen molar-refractivity contribution in [2.45, 2.75) is 18.9 Å². The molecule has 1 atom stereocenters. The van der Waals surface area contributed by atoms with E-state index in [0.29, 0.717) is 6.42 Å². The minimum Gasteiger partial charge on any atom is -0.396 e. The molecule has 0 aromatic carbocycles. The van der Waals surface area contributed by atoms with E-state index in [9.17, 15) is 0 Å². The molecule has 1 rings (SSSR count). The van der Waals surface area contributed by atoms with Crippen LogP contribution in [-0.4, -0.2) is 16.7 Å². The van der Waals surface area contributed by atoms with Crippen molar-refractivity contribution < 1.29 is 5.11 Å². The minimum atomic E-state index is -0.447. The van der Waals surface area contributed by atoms with Gasteiger partial charge in [0.25, 0.3) is 0 Å². The third kappa shape index (κ3) is 2.03. The van der Waals surface area contributed by atoms with Crippen molar-refractivity contribution in [2.24, 2.45) is 5.73 Å². The largest absolute Gasteiger partial charge is 0.396 e. The van der Waals surface area contributed by atoms with E-state index in [1.807, 2.05) is 19.1 Å². The van der Waals surface area contributed by atoms with E-state index in [2.05, 4.69) is 4.98 Å². The molecular weight excluding hydrogens is 152 g/mol. The molecular formula is C9H14N2O. The summed E-state index contributed by atoms with van der Waals surface area (Å²) in [7, 11) is 0. The van der Waals surface area contributed by atoms with Crippen molar-refractivity contribution in [2.75, 3.05) is 6.61 Å². The maximum Gasteiger partial charge on any atom is 0.0451 e. The van der Waals surface area contributed by atoms with Crippen LogP contribution in [0.3, 0.4) is 0 Å². The number of aliphatic hydroxyl groups excluding tert-OH is 1. The SMILES string of the molecule is C[C@@](N)(CCO)c1ccncc1. The fourth-order valence-corrected chi connectivity index (χ4v) is 1.11. The van der Waals surface area contributed by atoms with E-state index in [0.717, 1.165) is 5.56 Å². The molecule has 0 bridgehead atoms. The zero-order chi connectivity index (χ0) is 9.03. The molecule has 12 heavy (non-hydrogen) atoms. The number of pyridine rings is 1. The second-order valence-corrected chi connectivity index (χ2v) is 3.13. The van der Waals surface area contributed by atoms with Crippen molar-refractivity contribution in [3.63, 3.8) is 0 Å². The monoisotopic (exact) mass is 166 g/mol. The zero-order valence-electron chi connectivity index (χ0n) is 7.20. The number of hydrogen-bond acceptors (Lipinski definition) is 3. The molecule has 0 unspecified atom stereocenters. The lowest BCUT2D eigenvalue weighted by Crippen LogP contribution is -2.33. The molecule has 1 heterocycles. The van der Waals surface area contributed by atoms with Crippen LogP contribution in [0.2, 0.25) is 0 Å². The summed E-state index contributed by atoms with van der Waals surface area (Å²) in [6, 6.07) is 3.74. The van der Waals surface area contributed by atoms with Gasteiger partial charge in [0.15, 0.2) is 0 Å². The number of nitrogens with zero attached hydrogens (tertiary/aromatic N) is 1. The maximum atomic E-state index is 8.77. The molecule has 1 aromatic rings. The quantitative estimate of drug-likeness (QED) is 0.692. The standard InChI is InChI=1S/C9H14N2O/c1-9(10,4-7-12)8-2-5-11-6-3-8/h2-3,5-6,12H,4,7,10H2,1H3/t9-/m1/s1. The molecule has 0 fully saturated rings. The highest BCUT2D eigenvalue weighted by atomic mass is 16.3. The summed E-state index contributed by atoms with van der Waals surface area (Å²) in [6.07, 6.45) is 3.98. The summed E-state index contributed by atoms with van der Waals surface area (Å²) in [5.74, 6) is 0. The molecule has 0 saturated heterocycles. The maximum absolute atomic E-state index is 8.77.